The van der Waals surface area contributed by atoms with Gasteiger partial charge in [-0.1, -0.05) is 35.3 Å². The lowest BCUT2D eigenvalue weighted by Crippen LogP contribution is -2.05. The first kappa shape index (κ1) is 16.3. The maximum Gasteiger partial charge on any atom is 0.133 e. The lowest BCUT2D eigenvalue weighted by molar-refractivity contribution is 0.414. The van der Waals surface area contributed by atoms with Gasteiger partial charge in [0.2, 0.25) is 0 Å². The van der Waals surface area contributed by atoms with Crippen LogP contribution in [0, 0.1) is 0 Å². The van der Waals surface area contributed by atoms with E-state index in [1.807, 2.05) is 22.9 Å². The molecule has 3 aromatic rings. The molecule has 4 rings (SSSR count). The van der Waals surface area contributed by atoms with Gasteiger partial charge in [0.05, 0.1) is 23.5 Å². The van der Waals surface area contributed by atoms with Crippen LogP contribution in [0.3, 0.4) is 0 Å². The Labute approximate surface area is 156 Å². The number of nitrogens with one attached hydrogen (secondary N) is 1. The minimum atomic E-state index is 0.624. The van der Waals surface area contributed by atoms with Crippen molar-refractivity contribution in [3.63, 3.8) is 0 Å². The first-order valence-corrected chi connectivity index (χ1v) is 8.84. The van der Waals surface area contributed by atoms with Gasteiger partial charge in [-0.2, -0.15) is 5.10 Å². The molecule has 128 valence electrons. The van der Waals surface area contributed by atoms with E-state index >= 15 is 0 Å². The lowest BCUT2D eigenvalue weighted by Gasteiger charge is -2.09. The monoisotopic (exact) mass is 373 g/mol. The van der Waals surface area contributed by atoms with E-state index < -0.39 is 0 Å². The van der Waals surface area contributed by atoms with E-state index in [9.17, 15) is 0 Å². The van der Waals surface area contributed by atoms with Crippen LogP contribution in [0.2, 0.25) is 10.0 Å². The zero-order chi connectivity index (χ0) is 17.4. The van der Waals surface area contributed by atoms with Crippen LogP contribution in [-0.4, -0.2) is 23.4 Å². The molecule has 1 aromatic heterocycles. The second-order valence-corrected chi connectivity index (χ2v) is 6.83. The van der Waals surface area contributed by atoms with Crippen LogP contribution in [0.5, 0.6) is 5.75 Å². The smallest absolute Gasteiger partial charge is 0.133 e. The van der Waals surface area contributed by atoms with Crippen LogP contribution >= 0.6 is 23.2 Å². The van der Waals surface area contributed by atoms with Crippen molar-refractivity contribution in [2.75, 3.05) is 19.0 Å². The van der Waals surface area contributed by atoms with Crippen LogP contribution in [-0.2, 0) is 12.8 Å². The van der Waals surface area contributed by atoms with Gasteiger partial charge < -0.3 is 10.1 Å². The maximum atomic E-state index is 6.37. The first-order chi connectivity index (χ1) is 12.2. The molecule has 1 aliphatic rings. The Kier molecular flexibility index (Phi) is 4.32. The van der Waals surface area contributed by atoms with E-state index in [1.54, 1.807) is 19.2 Å². The van der Waals surface area contributed by atoms with Crippen LogP contribution < -0.4 is 10.1 Å². The van der Waals surface area contributed by atoms with Gasteiger partial charge in [-0.05, 0) is 42.3 Å². The molecule has 1 N–H and O–H groups in total. The number of anilines is 1. The van der Waals surface area contributed by atoms with E-state index in [1.165, 1.54) is 11.1 Å². The van der Waals surface area contributed by atoms with Gasteiger partial charge in [0, 0.05) is 23.6 Å². The van der Waals surface area contributed by atoms with E-state index in [4.69, 9.17) is 33.0 Å². The molecule has 0 unspecified atom stereocenters. The molecule has 0 amide bonds. The van der Waals surface area contributed by atoms with Crippen LogP contribution in [0.4, 0.5) is 5.82 Å². The van der Waals surface area contributed by atoms with Gasteiger partial charge in [-0.15, -0.1) is 0 Å². The van der Waals surface area contributed by atoms with Crippen molar-refractivity contribution in [1.29, 1.82) is 0 Å². The lowest BCUT2D eigenvalue weighted by atomic mass is 10.1. The highest BCUT2D eigenvalue weighted by molar-refractivity contribution is 6.34. The summed E-state index contributed by atoms with van der Waals surface area (Å²) in [4.78, 5) is 0. The number of halogens is 2. The minimum absolute atomic E-state index is 0.624. The van der Waals surface area contributed by atoms with Crippen molar-refractivity contribution in [3.8, 4) is 11.4 Å². The molecule has 1 aliphatic heterocycles. The maximum absolute atomic E-state index is 6.37. The summed E-state index contributed by atoms with van der Waals surface area (Å²) in [6.45, 7) is 0.904. The number of methoxy groups -OCH3 is 1. The normalized spacial score (nSPS) is 12.8. The van der Waals surface area contributed by atoms with E-state index in [0.29, 0.717) is 10.0 Å². The molecule has 2 heterocycles. The standard InChI is InChI=1S/C19H17Cl2N3O/c1-25-14-5-2-12(3-6-14)10-17-15-8-9-22-19(15)24(23-17)18-11-13(20)4-7-16(18)21/h2-7,11,22H,8-10H2,1H3. The zero-order valence-electron chi connectivity index (χ0n) is 13.7. The summed E-state index contributed by atoms with van der Waals surface area (Å²) < 4.78 is 7.09. The van der Waals surface area contributed by atoms with Gasteiger partial charge in [-0.3, -0.25) is 0 Å². The Morgan fingerprint density at radius 2 is 1.96 bits per heavy atom. The van der Waals surface area contributed by atoms with Crippen LogP contribution in [0.25, 0.3) is 5.69 Å². The highest BCUT2D eigenvalue weighted by Crippen LogP contribution is 2.33. The summed E-state index contributed by atoms with van der Waals surface area (Å²) in [5.74, 6) is 1.86. The molecule has 0 radical (unpaired) electrons. The fraction of sp³-hybridized carbons (Fsp3) is 0.211. The quantitative estimate of drug-likeness (QED) is 0.717. The second-order valence-electron chi connectivity index (χ2n) is 5.98. The number of nitrogens with zero attached hydrogens (tertiary/aromatic N) is 2. The fourth-order valence-electron chi connectivity index (χ4n) is 3.15. The van der Waals surface area contributed by atoms with Crippen molar-refractivity contribution in [2.45, 2.75) is 12.8 Å². The average molecular weight is 374 g/mol. The molecule has 0 bridgehead atoms. The predicted octanol–water partition coefficient (Wildman–Crippen LogP) is 4.75. The molecule has 0 saturated heterocycles. The van der Waals surface area contributed by atoms with E-state index in [2.05, 4.69) is 17.4 Å². The van der Waals surface area contributed by atoms with Crippen molar-refractivity contribution >= 4 is 29.0 Å². The topological polar surface area (TPSA) is 39.1 Å². The second kappa shape index (κ2) is 6.62. The number of ether oxygens (including phenoxy) is 1. The molecule has 2 aromatic carbocycles. The molecule has 0 fully saturated rings. The van der Waals surface area contributed by atoms with Gasteiger partial charge in [-0.25, -0.2) is 4.68 Å². The largest absolute Gasteiger partial charge is 0.497 e. The summed E-state index contributed by atoms with van der Waals surface area (Å²) in [6, 6.07) is 13.5. The third kappa shape index (κ3) is 3.08. The van der Waals surface area contributed by atoms with Crippen LogP contribution in [0.15, 0.2) is 42.5 Å². The van der Waals surface area contributed by atoms with Crippen molar-refractivity contribution in [1.82, 2.24) is 9.78 Å². The van der Waals surface area contributed by atoms with Crippen molar-refractivity contribution in [3.05, 3.63) is 69.3 Å². The molecular weight excluding hydrogens is 357 g/mol. The molecule has 0 saturated carbocycles. The number of benzene rings is 2. The first-order valence-electron chi connectivity index (χ1n) is 8.08. The Bertz CT molecular complexity index is 919. The predicted molar refractivity (Wildman–Crippen MR) is 102 cm³/mol. The summed E-state index contributed by atoms with van der Waals surface area (Å²) in [5.41, 5.74) is 4.28. The summed E-state index contributed by atoms with van der Waals surface area (Å²) in [5, 5.41) is 9.50. The van der Waals surface area contributed by atoms with Gasteiger partial charge in [0.25, 0.3) is 0 Å². The molecule has 4 nitrogen and oxygen atoms in total. The Morgan fingerprint density at radius 3 is 2.72 bits per heavy atom. The SMILES string of the molecule is COc1ccc(Cc2nn(-c3cc(Cl)ccc3Cl)c3c2CCN3)cc1. The molecule has 0 aliphatic carbocycles. The minimum Gasteiger partial charge on any atom is -0.497 e. The highest BCUT2D eigenvalue weighted by Gasteiger charge is 2.24. The Morgan fingerprint density at radius 1 is 1.16 bits per heavy atom. The third-order valence-corrected chi connectivity index (χ3v) is 4.96. The molecular formula is C19H17Cl2N3O. The number of hydrogen-bond acceptors (Lipinski definition) is 3. The Hall–Kier alpha value is -2.17. The van der Waals surface area contributed by atoms with Crippen LogP contribution in [0.1, 0.15) is 16.8 Å². The zero-order valence-corrected chi connectivity index (χ0v) is 15.2. The highest BCUT2D eigenvalue weighted by atomic mass is 35.5. The average Bonchev–Trinajstić information content (AvgIpc) is 3.22. The Balaban J connectivity index is 1.73. The third-order valence-electron chi connectivity index (χ3n) is 4.40. The number of hydrogen-bond donors (Lipinski definition) is 1. The number of rotatable bonds is 4. The molecule has 0 spiro atoms. The van der Waals surface area contributed by atoms with Gasteiger partial charge >= 0.3 is 0 Å². The molecule has 0 atom stereocenters. The molecule has 6 heteroatoms. The van der Waals surface area contributed by atoms with Crippen molar-refractivity contribution in [2.24, 2.45) is 0 Å². The van der Waals surface area contributed by atoms with Gasteiger partial charge in [0.1, 0.15) is 11.6 Å². The fourth-order valence-corrected chi connectivity index (χ4v) is 3.51. The number of aromatic nitrogens is 2. The molecule has 25 heavy (non-hydrogen) atoms. The van der Waals surface area contributed by atoms with Crippen molar-refractivity contribution < 1.29 is 4.74 Å². The summed E-state index contributed by atoms with van der Waals surface area (Å²) >= 11 is 12.5. The number of fused-ring (bicyclic) bond motifs is 1. The van der Waals surface area contributed by atoms with E-state index in [0.717, 1.165) is 42.3 Å². The summed E-state index contributed by atoms with van der Waals surface area (Å²) in [7, 11) is 1.67. The summed E-state index contributed by atoms with van der Waals surface area (Å²) in [6.07, 6.45) is 1.72. The van der Waals surface area contributed by atoms with E-state index in [-0.39, 0.29) is 0 Å². The van der Waals surface area contributed by atoms with Gasteiger partial charge in [0.15, 0.2) is 0 Å².